The van der Waals surface area contributed by atoms with E-state index in [0.29, 0.717) is 12.4 Å². The van der Waals surface area contributed by atoms with E-state index in [4.69, 9.17) is 15.1 Å². The van der Waals surface area contributed by atoms with Crippen LogP contribution in [0.15, 0.2) is 36.7 Å². The summed E-state index contributed by atoms with van der Waals surface area (Å²) < 4.78 is 2.00. The molecule has 0 fully saturated rings. The Kier molecular flexibility index (Phi) is 5.82. The summed E-state index contributed by atoms with van der Waals surface area (Å²) in [5.41, 5.74) is 2.87. The average Bonchev–Trinajstić information content (AvgIpc) is 3.14. The van der Waals surface area contributed by atoms with Crippen LogP contribution in [0.2, 0.25) is 0 Å². The maximum Gasteiger partial charge on any atom is 0.303 e. The van der Waals surface area contributed by atoms with Gasteiger partial charge in [0.2, 0.25) is 5.95 Å². The highest BCUT2D eigenvalue weighted by molar-refractivity contribution is 5.91. The lowest BCUT2D eigenvalue weighted by atomic mass is 10.2. The van der Waals surface area contributed by atoms with Crippen LogP contribution in [-0.4, -0.2) is 53.3 Å². The Morgan fingerprint density at radius 3 is 2.64 bits per heavy atom. The molecular weight excluding hydrogens is 354 g/mol. The van der Waals surface area contributed by atoms with Gasteiger partial charge in [-0.2, -0.15) is 4.98 Å². The Bertz CT molecular complexity index is 980. The van der Waals surface area contributed by atoms with Gasteiger partial charge in [0.15, 0.2) is 0 Å². The van der Waals surface area contributed by atoms with Crippen molar-refractivity contribution in [2.75, 3.05) is 37.5 Å². The minimum Gasteiger partial charge on any atom is -0.481 e. The predicted molar refractivity (Wildman–Crippen MR) is 113 cm³/mol. The second-order valence-electron chi connectivity index (χ2n) is 7.19. The highest BCUT2D eigenvalue weighted by atomic mass is 16.4. The van der Waals surface area contributed by atoms with Crippen LogP contribution in [0.3, 0.4) is 0 Å². The number of carbonyl (C=O) groups is 1. The highest BCUT2D eigenvalue weighted by Crippen LogP contribution is 2.28. The molecule has 0 aliphatic heterocycles. The maximum absolute atomic E-state index is 10.8. The van der Waals surface area contributed by atoms with Gasteiger partial charge in [0.05, 0.1) is 5.52 Å². The van der Waals surface area contributed by atoms with Crippen LogP contribution in [0.1, 0.15) is 25.3 Å². The first-order valence-corrected chi connectivity index (χ1v) is 9.48. The van der Waals surface area contributed by atoms with Crippen LogP contribution in [0.4, 0.5) is 11.8 Å². The number of carboxylic acid groups (broad SMARTS) is 1. The van der Waals surface area contributed by atoms with Gasteiger partial charge in [-0.3, -0.25) is 4.79 Å². The van der Waals surface area contributed by atoms with E-state index in [1.54, 1.807) is 0 Å². The molecule has 7 nitrogen and oxygen atoms in total. The zero-order valence-electron chi connectivity index (χ0n) is 16.9. The topological polar surface area (TPSA) is 74.5 Å². The molecule has 1 aromatic carbocycles. The van der Waals surface area contributed by atoms with Crippen LogP contribution in [0, 0.1) is 0 Å². The van der Waals surface area contributed by atoms with Crippen molar-refractivity contribution >= 4 is 28.6 Å². The van der Waals surface area contributed by atoms with E-state index in [9.17, 15) is 4.79 Å². The number of hydrogen-bond acceptors (Lipinski definition) is 5. The molecule has 0 aliphatic rings. The van der Waals surface area contributed by atoms with Gasteiger partial charge in [-0.05, 0) is 42.7 Å². The van der Waals surface area contributed by atoms with Gasteiger partial charge in [-0.15, -0.1) is 0 Å². The van der Waals surface area contributed by atoms with Crippen molar-refractivity contribution in [1.29, 1.82) is 0 Å². The molecule has 0 amide bonds. The fourth-order valence-electron chi connectivity index (χ4n) is 3.18. The molecule has 0 atom stereocenters. The Labute approximate surface area is 165 Å². The van der Waals surface area contributed by atoms with Crippen molar-refractivity contribution in [3.8, 4) is 5.69 Å². The summed E-state index contributed by atoms with van der Waals surface area (Å²) >= 11 is 0. The fourth-order valence-corrected chi connectivity index (χ4v) is 3.18. The van der Waals surface area contributed by atoms with Crippen molar-refractivity contribution in [3.05, 3.63) is 42.2 Å². The van der Waals surface area contributed by atoms with Crippen LogP contribution in [-0.2, 0) is 11.2 Å². The molecule has 2 aromatic heterocycles. The number of aryl methyl sites for hydroxylation is 1. The van der Waals surface area contributed by atoms with Crippen LogP contribution in [0.5, 0.6) is 0 Å². The monoisotopic (exact) mass is 381 g/mol. The molecule has 0 saturated carbocycles. The van der Waals surface area contributed by atoms with E-state index in [0.717, 1.165) is 40.9 Å². The first-order valence-electron chi connectivity index (χ1n) is 9.48. The molecule has 0 spiro atoms. The van der Waals surface area contributed by atoms with Gasteiger partial charge in [-0.25, -0.2) is 4.98 Å². The number of aromatic nitrogens is 3. The first kappa shape index (κ1) is 19.7. The summed E-state index contributed by atoms with van der Waals surface area (Å²) in [5.74, 6) is 0.823. The minimum absolute atomic E-state index is 0.133. The molecule has 7 heteroatoms. The van der Waals surface area contributed by atoms with Crippen LogP contribution in [0.25, 0.3) is 16.6 Å². The van der Waals surface area contributed by atoms with Gasteiger partial charge in [0.1, 0.15) is 5.82 Å². The minimum atomic E-state index is -0.782. The van der Waals surface area contributed by atoms with E-state index in [2.05, 4.69) is 24.9 Å². The van der Waals surface area contributed by atoms with Crippen LogP contribution < -0.4 is 9.80 Å². The van der Waals surface area contributed by atoms with Crippen molar-refractivity contribution in [2.45, 2.75) is 26.2 Å². The molecule has 0 aliphatic carbocycles. The molecule has 28 heavy (non-hydrogen) atoms. The second-order valence-corrected chi connectivity index (χ2v) is 7.19. The number of fused-ring (bicyclic) bond motifs is 1. The lowest BCUT2D eigenvalue weighted by Gasteiger charge is -2.21. The van der Waals surface area contributed by atoms with Crippen molar-refractivity contribution in [2.24, 2.45) is 0 Å². The molecule has 3 rings (SSSR count). The van der Waals surface area contributed by atoms with E-state index >= 15 is 0 Å². The Balaban J connectivity index is 2.01. The number of rotatable bonds is 8. The van der Waals surface area contributed by atoms with E-state index < -0.39 is 5.97 Å². The third-order valence-corrected chi connectivity index (χ3v) is 4.65. The summed E-state index contributed by atoms with van der Waals surface area (Å²) in [4.78, 5) is 24.3. The summed E-state index contributed by atoms with van der Waals surface area (Å²) in [6.45, 7) is 3.07. The summed E-state index contributed by atoms with van der Waals surface area (Å²) in [6, 6.07) is 8.11. The predicted octanol–water partition coefficient (Wildman–Crippen LogP) is 3.35. The molecule has 0 bridgehead atoms. The van der Waals surface area contributed by atoms with Crippen molar-refractivity contribution in [1.82, 2.24) is 14.5 Å². The SMILES string of the molecule is CCCN(C)c1nc(N(C)C)nc2cc(-n3ccc(CCC(=O)O)c3)ccc12. The summed E-state index contributed by atoms with van der Waals surface area (Å²) in [6.07, 6.45) is 5.63. The van der Waals surface area contributed by atoms with E-state index in [1.807, 2.05) is 54.2 Å². The molecule has 3 aromatic rings. The number of benzene rings is 1. The third kappa shape index (κ3) is 4.24. The smallest absolute Gasteiger partial charge is 0.303 e. The zero-order valence-corrected chi connectivity index (χ0v) is 16.9. The molecule has 148 valence electrons. The summed E-state index contributed by atoms with van der Waals surface area (Å²) in [5, 5.41) is 9.88. The quantitative estimate of drug-likeness (QED) is 0.645. The molecule has 2 heterocycles. The number of hydrogen-bond donors (Lipinski definition) is 1. The molecule has 0 radical (unpaired) electrons. The average molecular weight is 381 g/mol. The normalized spacial score (nSPS) is 11.0. The largest absolute Gasteiger partial charge is 0.481 e. The summed E-state index contributed by atoms with van der Waals surface area (Å²) in [7, 11) is 5.93. The fraction of sp³-hybridized carbons (Fsp3) is 0.381. The molecule has 0 saturated heterocycles. The van der Waals surface area contributed by atoms with Gasteiger partial charge >= 0.3 is 5.97 Å². The van der Waals surface area contributed by atoms with Gasteiger partial charge < -0.3 is 19.5 Å². The van der Waals surface area contributed by atoms with Gasteiger partial charge in [-0.1, -0.05) is 6.92 Å². The maximum atomic E-state index is 10.8. The third-order valence-electron chi connectivity index (χ3n) is 4.65. The lowest BCUT2D eigenvalue weighted by molar-refractivity contribution is -0.136. The number of nitrogens with zero attached hydrogens (tertiary/aromatic N) is 5. The standard InChI is InChI=1S/C21H27N5O2/c1-5-11-25(4)20-17-8-7-16(13-18(17)22-21(23-20)24(2)3)26-12-10-15(14-26)6-9-19(27)28/h7-8,10,12-14H,5-6,9,11H2,1-4H3,(H,27,28). The van der Waals surface area contributed by atoms with E-state index in [-0.39, 0.29) is 6.42 Å². The Hall–Kier alpha value is -3.09. The number of carboxylic acids is 1. The Morgan fingerprint density at radius 1 is 1.18 bits per heavy atom. The number of aliphatic carboxylic acids is 1. The Morgan fingerprint density at radius 2 is 1.96 bits per heavy atom. The molecule has 0 unspecified atom stereocenters. The molecule has 1 N–H and O–H groups in total. The van der Waals surface area contributed by atoms with E-state index in [1.165, 1.54) is 0 Å². The van der Waals surface area contributed by atoms with Crippen LogP contribution >= 0.6 is 0 Å². The molecular formula is C21H27N5O2. The van der Waals surface area contributed by atoms with Gasteiger partial charge in [0, 0.05) is 57.6 Å². The first-order chi connectivity index (χ1) is 13.4. The van der Waals surface area contributed by atoms with Gasteiger partial charge in [0.25, 0.3) is 0 Å². The lowest BCUT2D eigenvalue weighted by Crippen LogP contribution is -2.22. The van der Waals surface area contributed by atoms with Crippen molar-refractivity contribution < 1.29 is 9.90 Å². The highest BCUT2D eigenvalue weighted by Gasteiger charge is 2.13. The second kappa shape index (κ2) is 8.29. The number of anilines is 2. The van der Waals surface area contributed by atoms with Crippen molar-refractivity contribution in [3.63, 3.8) is 0 Å². The zero-order chi connectivity index (χ0) is 20.3.